The zero-order valence-electron chi connectivity index (χ0n) is 12.9. The molecule has 3 rings (SSSR count). The molecule has 2 heterocycles. The van der Waals surface area contributed by atoms with E-state index in [1.807, 2.05) is 43.5 Å². The molecule has 2 N–H and O–H groups in total. The third kappa shape index (κ3) is 3.80. The number of aliphatic hydroxyl groups is 1. The predicted octanol–water partition coefficient (Wildman–Crippen LogP) is 3.21. The lowest BCUT2D eigenvalue weighted by Gasteiger charge is -2.21. The van der Waals surface area contributed by atoms with Crippen LogP contribution in [0.3, 0.4) is 0 Å². The molecule has 2 atom stereocenters. The molecule has 0 bridgehead atoms. The van der Waals surface area contributed by atoms with Gasteiger partial charge in [-0.2, -0.15) is 0 Å². The fourth-order valence-electron chi connectivity index (χ4n) is 2.27. The van der Waals surface area contributed by atoms with E-state index < -0.39 is 6.10 Å². The van der Waals surface area contributed by atoms with E-state index in [9.17, 15) is 5.11 Å². The Morgan fingerprint density at radius 2 is 2.04 bits per heavy atom. The van der Waals surface area contributed by atoms with E-state index >= 15 is 0 Å². The van der Waals surface area contributed by atoms with E-state index in [-0.39, 0.29) is 6.04 Å². The highest BCUT2D eigenvalue weighted by Crippen LogP contribution is 2.31. The van der Waals surface area contributed by atoms with Crippen LogP contribution in [0.1, 0.15) is 12.5 Å². The van der Waals surface area contributed by atoms with Crippen LogP contribution >= 0.6 is 23.1 Å². The van der Waals surface area contributed by atoms with Crippen molar-refractivity contribution < 1.29 is 5.11 Å². The van der Waals surface area contributed by atoms with Gasteiger partial charge in [-0.15, -0.1) is 11.3 Å². The van der Waals surface area contributed by atoms with Crippen molar-refractivity contribution in [2.45, 2.75) is 29.8 Å². The molecule has 2 unspecified atom stereocenters. The zero-order chi connectivity index (χ0) is 16.2. The third-order valence-corrected chi connectivity index (χ3v) is 5.61. The average molecular weight is 346 g/mol. The Balaban J connectivity index is 1.74. The molecule has 1 aromatic carbocycles. The molecule has 3 aromatic rings. The standard InChI is InChI=1S/C16H18N4OS2/c1-10(12(21)8-11-6-4-3-5-7-11)19-14-13-15(18-9-17-14)20-16(22-2)23-13/h3-7,9-10,12,21H,8H2,1-2H3,(H,17,18,19). The van der Waals surface area contributed by atoms with Gasteiger partial charge in [0.1, 0.15) is 16.8 Å². The summed E-state index contributed by atoms with van der Waals surface area (Å²) < 4.78 is 1.89. The number of aromatic nitrogens is 3. The first-order chi connectivity index (χ1) is 11.2. The zero-order valence-corrected chi connectivity index (χ0v) is 14.6. The maximum Gasteiger partial charge on any atom is 0.176 e. The van der Waals surface area contributed by atoms with Gasteiger partial charge in [0.2, 0.25) is 0 Å². The number of hydrogen-bond donors (Lipinski definition) is 2. The van der Waals surface area contributed by atoms with Crippen molar-refractivity contribution in [1.29, 1.82) is 0 Å². The molecule has 0 aliphatic carbocycles. The number of aliphatic hydroxyl groups excluding tert-OH is 1. The van der Waals surface area contributed by atoms with E-state index in [1.54, 1.807) is 23.1 Å². The smallest absolute Gasteiger partial charge is 0.176 e. The molecular weight excluding hydrogens is 328 g/mol. The maximum absolute atomic E-state index is 10.4. The molecule has 0 fully saturated rings. The van der Waals surface area contributed by atoms with Crippen LogP contribution < -0.4 is 5.32 Å². The van der Waals surface area contributed by atoms with Crippen molar-refractivity contribution >= 4 is 39.3 Å². The summed E-state index contributed by atoms with van der Waals surface area (Å²) in [5.74, 6) is 0.729. The van der Waals surface area contributed by atoms with E-state index in [2.05, 4.69) is 20.3 Å². The molecule has 0 radical (unpaired) electrons. The largest absolute Gasteiger partial charge is 0.391 e. The van der Waals surface area contributed by atoms with Gasteiger partial charge in [-0.05, 0) is 18.7 Å². The first-order valence-electron chi connectivity index (χ1n) is 7.31. The van der Waals surface area contributed by atoms with Gasteiger partial charge in [-0.1, -0.05) is 42.1 Å². The summed E-state index contributed by atoms with van der Waals surface area (Å²) in [5, 5.41) is 13.7. The number of nitrogens with zero attached hydrogens (tertiary/aromatic N) is 3. The number of rotatable bonds is 6. The minimum Gasteiger partial charge on any atom is -0.391 e. The Bertz CT molecular complexity index is 778. The second kappa shape index (κ2) is 7.25. The highest BCUT2D eigenvalue weighted by molar-refractivity contribution is 8.00. The maximum atomic E-state index is 10.4. The molecule has 2 aromatic heterocycles. The topological polar surface area (TPSA) is 70.9 Å². The summed E-state index contributed by atoms with van der Waals surface area (Å²) in [4.78, 5) is 13.0. The van der Waals surface area contributed by atoms with Crippen LogP contribution in [-0.4, -0.2) is 38.5 Å². The SMILES string of the molecule is CSc1nc2ncnc(NC(C)C(O)Cc3ccccc3)c2s1. The molecule has 0 aliphatic rings. The van der Waals surface area contributed by atoms with Crippen molar-refractivity contribution in [3.63, 3.8) is 0 Å². The minimum atomic E-state index is -0.504. The number of thioether (sulfide) groups is 1. The quantitative estimate of drug-likeness (QED) is 0.668. The fourth-order valence-corrected chi connectivity index (χ4v) is 3.73. The Labute approximate surface area is 143 Å². The third-order valence-electron chi connectivity index (χ3n) is 3.58. The molecule has 0 spiro atoms. The van der Waals surface area contributed by atoms with E-state index in [0.717, 1.165) is 20.4 Å². The van der Waals surface area contributed by atoms with Gasteiger partial charge < -0.3 is 10.4 Å². The number of thiazole rings is 1. The molecule has 23 heavy (non-hydrogen) atoms. The van der Waals surface area contributed by atoms with Crippen molar-refractivity contribution in [3.05, 3.63) is 42.2 Å². The van der Waals surface area contributed by atoms with Crippen LogP contribution in [0.5, 0.6) is 0 Å². The van der Waals surface area contributed by atoms with Crippen LogP contribution in [0.4, 0.5) is 5.82 Å². The van der Waals surface area contributed by atoms with Gasteiger partial charge >= 0.3 is 0 Å². The van der Waals surface area contributed by atoms with Gasteiger partial charge in [0.05, 0.1) is 12.1 Å². The van der Waals surface area contributed by atoms with E-state index in [4.69, 9.17) is 0 Å². The molecule has 5 nitrogen and oxygen atoms in total. The van der Waals surface area contributed by atoms with Gasteiger partial charge in [0, 0.05) is 6.42 Å². The van der Waals surface area contributed by atoms with Gasteiger partial charge in [-0.3, -0.25) is 0 Å². The van der Waals surface area contributed by atoms with Crippen LogP contribution in [-0.2, 0) is 6.42 Å². The predicted molar refractivity (Wildman–Crippen MR) is 96.2 cm³/mol. The van der Waals surface area contributed by atoms with Gasteiger partial charge in [0.25, 0.3) is 0 Å². The Hall–Kier alpha value is -1.70. The highest BCUT2D eigenvalue weighted by atomic mass is 32.2. The van der Waals surface area contributed by atoms with Crippen molar-refractivity contribution in [2.75, 3.05) is 11.6 Å². The Kier molecular flexibility index (Phi) is 5.09. The molecule has 120 valence electrons. The van der Waals surface area contributed by atoms with Gasteiger partial charge in [-0.25, -0.2) is 15.0 Å². The minimum absolute atomic E-state index is 0.131. The Morgan fingerprint density at radius 3 is 2.78 bits per heavy atom. The van der Waals surface area contributed by atoms with Gasteiger partial charge in [0.15, 0.2) is 9.99 Å². The number of benzene rings is 1. The lowest BCUT2D eigenvalue weighted by atomic mass is 10.0. The van der Waals surface area contributed by atoms with E-state index in [1.165, 1.54) is 6.33 Å². The second-order valence-electron chi connectivity index (χ2n) is 5.25. The molecule has 0 aliphatic heterocycles. The number of nitrogens with one attached hydrogen (secondary N) is 1. The normalized spacial score (nSPS) is 13.9. The average Bonchev–Trinajstić information content (AvgIpc) is 3.00. The molecule has 0 saturated heterocycles. The first-order valence-corrected chi connectivity index (χ1v) is 9.35. The summed E-state index contributed by atoms with van der Waals surface area (Å²) in [6, 6.07) is 9.85. The first kappa shape index (κ1) is 16.2. The molecular formula is C16H18N4OS2. The van der Waals surface area contributed by atoms with Crippen LogP contribution in [0.2, 0.25) is 0 Å². The highest BCUT2D eigenvalue weighted by Gasteiger charge is 2.18. The van der Waals surface area contributed by atoms with Crippen LogP contribution in [0.25, 0.3) is 10.3 Å². The van der Waals surface area contributed by atoms with Crippen molar-refractivity contribution in [2.24, 2.45) is 0 Å². The number of anilines is 1. The lowest BCUT2D eigenvalue weighted by molar-refractivity contribution is 0.158. The lowest BCUT2D eigenvalue weighted by Crippen LogP contribution is -2.32. The number of fused-ring (bicyclic) bond motifs is 1. The van der Waals surface area contributed by atoms with E-state index in [0.29, 0.717) is 12.1 Å². The van der Waals surface area contributed by atoms with Crippen molar-refractivity contribution in [3.8, 4) is 0 Å². The summed E-state index contributed by atoms with van der Waals surface area (Å²) in [5.41, 5.74) is 1.81. The molecule has 0 amide bonds. The van der Waals surface area contributed by atoms with Crippen LogP contribution in [0, 0.1) is 0 Å². The summed E-state index contributed by atoms with van der Waals surface area (Å²) in [7, 11) is 0. The van der Waals surface area contributed by atoms with Crippen molar-refractivity contribution in [1.82, 2.24) is 15.0 Å². The summed E-state index contributed by atoms with van der Waals surface area (Å²) in [6.45, 7) is 1.96. The van der Waals surface area contributed by atoms with Crippen LogP contribution in [0.15, 0.2) is 41.0 Å². The molecule has 0 saturated carbocycles. The number of hydrogen-bond acceptors (Lipinski definition) is 7. The Morgan fingerprint density at radius 1 is 1.26 bits per heavy atom. The monoisotopic (exact) mass is 346 g/mol. The fraction of sp³-hybridized carbons (Fsp3) is 0.312. The summed E-state index contributed by atoms with van der Waals surface area (Å²) >= 11 is 3.16. The second-order valence-corrected chi connectivity index (χ2v) is 7.30. The summed E-state index contributed by atoms with van der Waals surface area (Å²) in [6.07, 6.45) is 3.59. The molecule has 7 heteroatoms.